The Kier molecular flexibility index (Phi) is 7.17. The largest absolute Gasteiger partial charge is 0.481 e. The van der Waals surface area contributed by atoms with Crippen molar-refractivity contribution in [3.63, 3.8) is 0 Å². The van der Waals surface area contributed by atoms with Gasteiger partial charge in [-0.2, -0.15) is 0 Å². The predicted octanol–water partition coefficient (Wildman–Crippen LogP) is 6.01. The number of rotatable bonds is 8. The third-order valence-corrected chi connectivity index (χ3v) is 8.74. The molecule has 1 aromatic heterocycles. The highest BCUT2D eigenvalue weighted by Crippen LogP contribution is 2.46. The molecule has 1 aliphatic carbocycles. The molecule has 4 aliphatic rings. The summed E-state index contributed by atoms with van der Waals surface area (Å²) in [4.78, 5) is 32.1. The molecule has 0 aromatic carbocycles. The Labute approximate surface area is 235 Å². The molecule has 4 N–H and O–H groups in total. The first-order valence-corrected chi connectivity index (χ1v) is 14.0. The summed E-state index contributed by atoms with van der Waals surface area (Å²) in [7, 11) is 0. The van der Waals surface area contributed by atoms with Gasteiger partial charge in [-0.15, -0.1) is 0 Å². The molecule has 0 fully saturated rings. The highest BCUT2D eigenvalue weighted by molar-refractivity contribution is 6.09. The number of carboxylic acids is 1. The van der Waals surface area contributed by atoms with E-state index in [0.717, 1.165) is 69.2 Å². The van der Waals surface area contributed by atoms with Crippen molar-refractivity contribution < 1.29 is 14.7 Å². The smallest absolute Gasteiger partial charge is 0.303 e. The quantitative estimate of drug-likeness (QED) is 0.325. The second-order valence-electron chi connectivity index (χ2n) is 11.1. The molecule has 3 aliphatic heterocycles. The van der Waals surface area contributed by atoms with Gasteiger partial charge in [-0.25, -0.2) is 0 Å². The molecule has 7 nitrogen and oxygen atoms in total. The van der Waals surface area contributed by atoms with Crippen LogP contribution in [0.2, 0.25) is 0 Å². The van der Waals surface area contributed by atoms with Gasteiger partial charge in [-0.3, -0.25) is 14.6 Å². The van der Waals surface area contributed by atoms with E-state index in [1.807, 2.05) is 6.92 Å². The van der Waals surface area contributed by atoms with Gasteiger partial charge >= 0.3 is 5.97 Å². The molecule has 0 radical (unpaired) electrons. The third kappa shape index (κ3) is 4.53. The summed E-state index contributed by atoms with van der Waals surface area (Å²) in [5.41, 5.74) is 14.7. The fraction of sp³-hybridized carbons (Fsp3) is 0.364. The molecule has 0 saturated heterocycles. The Morgan fingerprint density at radius 2 is 1.93 bits per heavy atom. The Balaban J connectivity index is 1.47. The van der Waals surface area contributed by atoms with Crippen LogP contribution in [-0.4, -0.2) is 40.3 Å². The maximum absolute atomic E-state index is 12.2. The number of aromatic nitrogens is 1. The number of aliphatic imine (C=N–C) groups is 1. The number of carbonyl (C=O) groups excluding carboxylic acids is 1. The molecule has 0 saturated carbocycles. The first kappa shape index (κ1) is 27.4. The number of nitrogens with zero attached hydrogens (tertiary/aromatic N) is 1. The molecule has 0 spiro atoms. The lowest BCUT2D eigenvalue weighted by Gasteiger charge is -2.15. The van der Waals surface area contributed by atoms with Crippen LogP contribution in [0, 0.1) is 6.92 Å². The number of amides is 1. The lowest BCUT2D eigenvalue weighted by atomic mass is 9.90. The van der Waals surface area contributed by atoms with Gasteiger partial charge in [0.05, 0.1) is 12.6 Å². The van der Waals surface area contributed by atoms with E-state index in [1.165, 1.54) is 16.7 Å². The summed E-state index contributed by atoms with van der Waals surface area (Å²) < 4.78 is 0. The van der Waals surface area contributed by atoms with Gasteiger partial charge < -0.3 is 20.7 Å². The minimum atomic E-state index is -0.789. The van der Waals surface area contributed by atoms with Crippen molar-refractivity contribution >= 4 is 29.2 Å². The average molecular weight is 539 g/mol. The Morgan fingerprint density at radius 3 is 2.60 bits per heavy atom. The summed E-state index contributed by atoms with van der Waals surface area (Å²) in [6.07, 6.45) is 8.27. The summed E-state index contributed by atoms with van der Waals surface area (Å²) in [5, 5.41) is 15.9. The average Bonchev–Trinajstić information content (AvgIpc) is 3.66. The SMILES string of the molecule is C=CC1=C(C)C(=O)N/C1=C/C1N/C(=C/c2[nH]c3c(c2C)C(=C)CC3C2=NCC(C)=C2CCC(=O)O)C(CC)=C1C. The molecule has 40 heavy (non-hydrogen) atoms. The number of fused-ring (bicyclic) bond motifs is 1. The van der Waals surface area contributed by atoms with Crippen molar-refractivity contribution in [1.82, 2.24) is 15.6 Å². The van der Waals surface area contributed by atoms with Crippen LogP contribution in [-0.2, 0) is 9.59 Å². The van der Waals surface area contributed by atoms with Crippen LogP contribution in [0.25, 0.3) is 11.6 Å². The van der Waals surface area contributed by atoms with E-state index >= 15 is 0 Å². The lowest BCUT2D eigenvalue weighted by Crippen LogP contribution is -2.24. The second-order valence-corrected chi connectivity index (χ2v) is 11.1. The number of carboxylic acid groups (broad SMARTS) is 1. The molecule has 4 heterocycles. The minimum absolute atomic E-state index is 0.0417. The van der Waals surface area contributed by atoms with Crippen LogP contribution in [0.5, 0.6) is 0 Å². The van der Waals surface area contributed by atoms with Gasteiger partial charge in [0.2, 0.25) is 0 Å². The molecule has 1 aromatic rings. The van der Waals surface area contributed by atoms with Crippen molar-refractivity contribution in [3.8, 4) is 0 Å². The number of nitrogens with one attached hydrogen (secondary N) is 3. The van der Waals surface area contributed by atoms with Gasteiger partial charge in [0, 0.05) is 57.5 Å². The zero-order valence-corrected chi connectivity index (χ0v) is 24.0. The van der Waals surface area contributed by atoms with Crippen LogP contribution in [0.1, 0.15) is 81.8 Å². The van der Waals surface area contributed by atoms with Gasteiger partial charge in [0.1, 0.15) is 0 Å². The maximum atomic E-state index is 12.2. The Morgan fingerprint density at radius 1 is 1.18 bits per heavy atom. The monoisotopic (exact) mass is 538 g/mol. The standard InChI is InChI=1S/C33H38N4O3/c1-8-21-18(5)25(13-28-22(9-2)19(6)33(40)37-28)35-27(21)14-26-20(7)30-16(3)12-24(32(30)36-26)31-23(10-11-29(38)39)17(4)15-34-31/h9,13-14,24-25,35-36H,2-3,8,10-12,15H2,1,4-7H3,(H,37,40)(H,38,39)/b27-14+,28-13+. The Bertz CT molecular complexity index is 1550. The van der Waals surface area contributed by atoms with Gasteiger partial charge in [-0.1, -0.05) is 26.2 Å². The van der Waals surface area contributed by atoms with E-state index in [9.17, 15) is 14.7 Å². The van der Waals surface area contributed by atoms with Gasteiger partial charge in [0.15, 0.2) is 0 Å². The number of H-pyrrole nitrogens is 1. The number of hydrogen-bond acceptors (Lipinski definition) is 4. The Hall–Kier alpha value is -4.13. The van der Waals surface area contributed by atoms with E-state index in [-0.39, 0.29) is 24.3 Å². The molecule has 5 rings (SSSR count). The van der Waals surface area contributed by atoms with Gasteiger partial charge in [0.25, 0.3) is 5.91 Å². The topological polar surface area (TPSA) is 107 Å². The fourth-order valence-corrected chi connectivity index (χ4v) is 6.53. The molecule has 0 bridgehead atoms. The third-order valence-electron chi connectivity index (χ3n) is 8.74. The summed E-state index contributed by atoms with van der Waals surface area (Å²) in [5.74, 6) is -0.811. The number of aromatic amines is 1. The van der Waals surface area contributed by atoms with Crippen LogP contribution < -0.4 is 10.6 Å². The van der Waals surface area contributed by atoms with Crippen LogP contribution in [0.15, 0.2) is 75.1 Å². The summed E-state index contributed by atoms with van der Waals surface area (Å²) >= 11 is 0. The highest BCUT2D eigenvalue weighted by atomic mass is 16.4. The van der Waals surface area contributed by atoms with E-state index in [4.69, 9.17) is 4.99 Å². The number of hydrogen-bond donors (Lipinski definition) is 4. The van der Waals surface area contributed by atoms with Crippen molar-refractivity contribution in [2.45, 2.75) is 72.3 Å². The minimum Gasteiger partial charge on any atom is -0.481 e. The van der Waals surface area contributed by atoms with E-state index in [1.54, 1.807) is 6.08 Å². The zero-order chi connectivity index (χ0) is 28.9. The molecule has 1 amide bonds. The number of aliphatic carboxylic acids is 1. The fourth-order valence-electron chi connectivity index (χ4n) is 6.53. The molecular formula is C33H38N4O3. The summed E-state index contributed by atoms with van der Waals surface area (Å²) in [6, 6.07) is -0.0417. The first-order valence-electron chi connectivity index (χ1n) is 14.0. The van der Waals surface area contributed by atoms with Crippen molar-refractivity contribution in [3.05, 3.63) is 92.7 Å². The van der Waals surface area contributed by atoms with E-state index < -0.39 is 5.97 Å². The zero-order valence-electron chi connectivity index (χ0n) is 24.0. The summed E-state index contributed by atoms with van der Waals surface area (Å²) in [6.45, 7) is 19.2. The lowest BCUT2D eigenvalue weighted by molar-refractivity contribution is -0.136. The molecule has 208 valence electrons. The van der Waals surface area contributed by atoms with Crippen molar-refractivity contribution in [2.75, 3.05) is 6.54 Å². The van der Waals surface area contributed by atoms with Crippen molar-refractivity contribution in [1.29, 1.82) is 0 Å². The second kappa shape index (κ2) is 10.5. The predicted molar refractivity (Wildman–Crippen MR) is 161 cm³/mol. The normalized spacial score (nSPS) is 24.5. The molecule has 2 unspecified atom stereocenters. The first-order chi connectivity index (χ1) is 19.0. The molecule has 7 heteroatoms. The van der Waals surface area contributed by atoms with Gasteiger partial charge in [-0.05, 0) is 92.5 Å². The highest BCUT2D eigenvalue weighted by Gasteiger charge is 2.37. The van der Waals surface area contributed by atoms with Crippen LogP contribution in [0.3, 0.4) is 0 Å². The molecule has 2 atom stereocenters. The van der Waals surface area contributed by atoms with Crippen LogP contribution in [0.4, 0.5) is 0 Å². The maximum Gasteiger partial charge on any atom is 0.303 e. The van der Waals surface area contributed by atoms with E-state index in [0.29, 0.717) is 18.5 Å². The number of carbonyl (C=O) groups is 2. The van der Waals surface area contributed by atoms with Crippen LogP contribution >= 0.6 is 0 Å². The van der Waals surface area contributed by atoms with Crippen molar-refractivity contribution in [2.24, 2.45) is 4.99 Å². The number of allylic oxidation sites excluding steroid dienone is 4. The van der Waals surface area contributed by atoms with E-state index in [2.05, 4.69) is 68.6 Å². The molecular weight excluding hydrogens is 500 g/mol.